The molecule has 0 aliphatic carbocycles. The number of likely N-dealkylation sites (N-methyl/N-ethyl adjacent to an activating group) is 1. The molecule has 0 spiro atoms. The second kappa shape index (κ2) is 39.0. The van der Waals surface area contributed by atoms with Crippen molar-refractivity contribution in [2.24, 2.45) is 0 Å². The number of hydrogen-bond acceptors (Lipinski definition) is 10. The molecule has 1 unspecified atom stereocenters. The third kappa shape index (κ3) is 41.1. The molecule has 0 saturated heterocycles. The Morgan fingerprint density at radius 2 is 1.20 bits per heavy atom. The quantitative estimate of drug-likeness (QED) is 0.0115. The molecule has 12 nitrogen and oxygen atoms in total. The molecule has 13 heteroatoms. The van der Waals surface area contributed by atoms with E-state index >= 15 is 0 Å². The molecule has 0 aliphatic heterocycles. The molecule has 0 bridgehead atoms. The lowest BCUT2D eigenvalue weighted by Gasteiger charge is -2.24. The van der Waals surface area contributed by atoms with Crippen molar-refractivity contribution in [2.75, 3.05) is 47.5 Å². The van der Waals surface area contributed by atoms with E-state index in [1.807, 2.05) is 40.2 Å². The summed E-state index contributed by atoms with van der Waals surface area (Å²) in [6.07, 6.45) is 37.5. The van der Waals surface area contributed by atoms with Crippen molar-refractivity contribution in [3.05, 3.63) is 72.9 Å². The second-order valence-corrected chi connectivity index (χ2v) is 18.1. The van der Waals surface area contributed by atoms with Crippen LogP contribution in [-0.2, 0) is 32.7 Å². The van der Waals surface area contributed by atoms with Gasteiger partial charge >= 0.3 is 19.8 Å². The number of aliphatic hydroxyl groups excluding tert-OH is 3. The number of esters is 2. The number of quaternary nitrogens is 1. The van der Waals surface area contributed by atoms with Crippen LogP contribution in [-0.4, -0.2) is 109 Å². The number of rotatable bonds is 40. The van der Waals surface area contributed by atoms with Crippen molar-refractivity contribution < 1.29 is 57.4 Å². The summed E-state index contributed by atoms with van der Waals surface area (Å²) in [5.41, 5.74) is 0. The molecule has 0 heterocycles. The summed E-state index contributed by atoms with van der Waals surface area (Å²) in [7, 11) is 1.25. The molecule has 0 aromatic heterocycles. The first-order valence-corrected chi connectivity index (χ1v) is 24.5. The molecule has 4 N–H and O–H groups in total. The lowest BCUT2D eigenvalue weighted by atomic mass is 10.1. The van der Waals surface area contributed by atoms with Gasteiger partial charge in [-0.25, -0.2) is 4.57 Å². The van der Waals surface area contributed by atoms with Gasteiger partial charge in [-0.2, -0.15) is 0 Å². The third-order valence-corrected chi connectivity index (χ3v) is 10.5. The monoisotopic (exact) mass is 883 g/mol. The van der Waals surface area contributed by atoms with E-state index in [2.05, 4.69) is 19.1 Å². The Balaban J connectivity index is 4.67. The first-order valence-electron chi connectivity index (χ1n) is 23.0. The molecule has 0 amide bonds. The normalized spacial score (nSPS) is 15.8. The maximum absolute atomic E-state index is 12.7. The molecule has 0 saturated carbocycles. The molecule has 5 atom stereocenters. The number of carbonyl (C=O) groups excluding carboxylic acids is 2. The van der Waals surface area contributed by atoms with Crippen LogP contribution in [0.4, 0.5) is 0 Å². The van der Waals surface area contributed by atoms with Gasteiger partial charge in [0.05, 0.1) is 46.1 Å². The first-order chi connectivity index (χ1) is 29.2. The Labute approximate surface area is 369 Å². The van der Waals surface area contributed by atoms with E-state index in [1.54, 1.807) is 42.5 Å². The molecule has 0 aliphatic rings. The lowest BCUT2D eigenvalue weighted by Crippen LogP contribution is -2.37. The van der Waals surface area contributed by atoms with Crippen LogP contribution in [0, 0.1) is 0 Å². The van der Waals surface area contributed by atoms with Gasteiger partial charge < -0.3 is 34.2 Å². The van der Waals surface area contributed by atoms with Crippen LogP contribution in [0.1, 0.15) is 149 Å². The number of phosphoric acid groups is 1. The van der Waals surface area contributed by atoms with Crippen LogP contribution in [0.15, 0.2) is 72.9 Å². The number of hydrogen-bond donors (Lipinski definition) is 4. The fraction of sp³-hybridized carbons (Fsp3) is 0.708. The van der Waals surface area contributed by atoms with Crippen molar-refractivity contribution in [1.82, 2.24) is 0 Å². The zero-order chi connectivity index (χ0) is 45.5. The maximum Gasteiger partial charge on any atom is 0.472 e. The molecular weight excluding hydrogens is 797 g/mol. The summed E-state index contributed by atoms with van der Waals surface area (Å²) < 4.78 is 34.0. The Morgan fingerprint density at radius 3 is 1.80 bits per heavy atom. The topological polar surface area (TPSA) is 169 Å². The molecule has 0 aromatic rings. The Hall–Kier alpha value is -2.67. The average Bonchev–Trinajstić information content (AvgIpc) is 3.20. The average molecular weight is 883 g/mol. The summed E-state index contributed by atoms with van der Waals surface area (Å²) in [6, 6.07) is 0. The predicted octanol–water partition coefficient (Wildman–Crippen LogP) is 9.93. The number of unbranched alkanes of at least 4 members (excludes halogenated alkanes) is 13. The Kier molecular flexibility index (Phi) is 37.3. The van der Waals surface area contributed by atoms with E-state index < -0.39 is 50.8 Å². The Morgan fingerprint density at radius 1 is 0.639 bits per heavy atom. The third-order valence-electron chi connectivity index (χ3n) is 9.56. The summed E-state index contributed by atoms with van der Waals surface area (Å²) >= 11 is 0. The smallest absolute Gasteiger partial charge is 0.462 e. The molecule has 0 aromatic carbocycles. The van der Waals surface area contributed by atoms with Crippen molar-refractivity contribution in [3.8, 4) is 0 Å². The van der Waals surface area contributed by atoms with Gasteiger partial charge in [0.2, 0.25) is 0 Å². The minimum atomic E-state index is -4.48. The number of ether oxygens (including phenoxy) is 2. The minimum Gasteiger partial charge on any atom is -0.462 e. The summed E-state index contributed by atoms with van der Waals surface area (Å²) in [6.45, 7) is 3.80. The molecule has 0 rings (SSSR count). The molecule has 0 fully saturated rings. The second-order valence-electron chi connectivity index (χ2n) is 16.6. The van der Waals surface area contributed by atoms with E-state index in [4.69, 9.17) is 18.5 Å². The summed E-state index contributed by atoms with van der Waals surface area (Å²) in [5, 5.41) is 30.6. The summed E-state index contributed by atoms with van der Waals surface area (Å²) in [4.78, 5) is 35.5. The molecule has 0 radical (unpaired) electrons. The van der Waals surface area contributed by atoms with Crippen LogP contribution in [0.25, 0.3) is 0 Å². The number of carbonyl (C=O) groups is 2. The fourth-order valence-corrected chi connectivity index (χ4v) is 6.56. The molecule has 352 valence electrons. The number of aliphatic hydroxyl groups is 3. The zero-order valence-corrected chi connectivity index (χ0v) is 39.4. The predicted molar refractivity (Wildman–Crippen MR) is 247 cm³/mol. The van der Waals surface area contributed by atoms with Crippen LogP contribution < -0.4 is 0 Å². The van der Waals surface area contributed by atoms with Gasteiger partial charge in [0, 0.05) is 12.8 Å². The van der Waals surface area contributed by atoms with Crippen molar-refractivity contribution in [2.45, 2.75) is 173 Å². The van der Waals surface area contributed by atoms with Gasteiger partial charge in [-0.3, -0.25) is 18.6 Å². The van der Waals surface area contributed by atoms with E-state index in [-0.39, 0.29) is 38.9 Å². The van der Waals surface area contributed by atoms with Crippen LogP contribution in [0.2, 0.25) is 0 Å². The lowest BCUT2D eigenvalue weighted by molar-refractivity contribution is -0.870. The van der Waals surface area contributed by atoms with E-state index in [1.165, 1.54) is 70.3 Å². The maximum atomic E-state index is 12.7. The van der Waals surface area contributed by atoms with Crippen molar-refractivity contribution >= 4 is 19.8 Å². The highest BCUT2D eigenvalue weighted by Gasteiger charge is 2.27. The van der Waals surface area contributed by atoms with Gasteiger partial charge in [-0.05, 0) is 57.8 Å². The van der Waals surface area contributed by atoms with Gasteiger partial charge in [-0.1, -0.05) is 151 Å². The van der Waals surface area contributed by atoms with E-state index in [0.29, 0.717) is 23.9 Å². The number of allylic oxidation sites excluding steroid dienone is 9. The summed E-state index contributed by atoms with van der Waals surface area (Å²) in [5.74, 6) is -1.14. The van der Waals surface area contributed by atoms with E-state index in [9.17, 15) is 34.4 Å². The van der Waals surface area contributed by atoms with Crippen molar-refractivity contribution in [3.63, 3.8) is 0 Å². The van der Waals surface area contributed by atoms with Gasteiger partial charge in [0.25, 0.3) is 0 Å². The van der Waals surface area contributed by atoms with Gasteiger partial charge in [0.15, 0.2) is 6.10 Å². The van der Waals surface area contributed by atoms with Crippen LogP contribution >= 0.6 is 7.82 Å². The zero-order valence-electron chi connectivity index (χ0n) is 38.5. The van der Waals surface area contributed by atoms with Gasteiger partial charge in [-0.15, -0.1) is 0 Å². The number of nitrogens with zero attached hydrogens (tertiary/aromatic N) is 1. The standard InChI is InChI=1S/C48H84NO11P/c1-6-8-10-11-12-13-14-15-16-17-18-19-20-21-22-27-31-37-47(53)57-41-44(42-59-61(55,56)58-40-39-49(3,4)5)60-48(54)38-32-36-46(52)45(51)35-30-26-24-23-25-29-34-43(50)33-28-9-7-2/h9,15-16,23-26,28-30,34-35,43-46,50-52H,6-8,10-14,17-22,27,31-33,36-42H2,1-5H3/p+1/b16-15-,25-23+,26-24-,28-9-,34-29+,35-30-/t43-,44+,45+,46+/m0/s1. The number of phosphoric ester groups is 1. The molecular formula is C48H85NO11P+. The Bertz CT molecular complexity index is 1320. The fourth-order valence-electron chi connectivity index (χ4n) is 5.82. The highest BCUT2D eigenvalue weighted by atomic mass is 31.2. The van der Waals surface area contributed by atoms with E-state index in [0.717, 1.165) is 32.1 Å². The largest absolute Gasteiger partial charge is 0.472 e. The minimum absolute atomic E-state index is 0.0366. The highest BCUT2D eigenvalue weighted by Crippen LogP contribution is 2.43. The first kappa shape index (κ1) is 58.3. The van der Waals surface area contributed by atoms with Crippen LogP contribution in [0.3, 0.4) is 0 Å². The van der Waals surface area contributed by atoms with Crippen molar-refractivity contribution in [1.29, 1.82) is 0 Å². The van der Waals surface area contributed by atoms with Crippen LogP contribution in [0.5, 0.6) is 0 Å². The highest BCUT2D eigenvalue weighted by molar-refractivity contribution is 7.47. The SMILES string of the molecule is CC/C=C\C[C@H](O)/C=C/C=C/C=C\C=C/[C@@H](O)[C@H](O)CCCC(=O)O[C@H](COC(=O)CCCCCCCCC/C=C\CCCCCCCC)COP(=O)(O)OCC[N+](C)(C)C. The van der Waals surface area contributed by atoms with Gasteiger partial charge in [0.1, 0.15) is 19.8 Å². The molecule has 61 heavy (non-hydrogen) atoms.